The van der Waals surface area contributed by atoms with Crippen molar-refractivity contribution in [2.24, 2.45) is 0 Å². The third-order valence-electron chi connectivity index (χ3n) is 7.82. The predicted molar refractivity (Wildman–Crippen MR) is 148 cm³/mol. The number of rotatable bonds is 4. The number of aromatic nitrogens is 1. The van der Waals surface area contributed by atoms with E-state index in [4.69, 9.17) is 23.2 Å². The quantitative estimate of drug-likeness (QED) is 0.201. The Balaban J connectivity index is 1.71. The van der Waals surface area contributed by atoms with Gasteiger partial charge in [0.15, 0.2) is 6.17 Å². The highest BCUT2D eigenvalue weighted by Crippen LogP contribution is 2.55. The lowest BCUT2D eigenvalue weighted by Crippen LogP contribution is -2.11. The number of hydrogen-bond acceptors (Lipinski definition) is 1. The highest BCUT2D eigenvalue weighted by Gasteiger charge is 2.35. The Morgan fingerprint density at radius 3 is 2.05 bits per heavy atom. The van der Waals surface area contributed by atoms with Crippen molar-refractivity contribution in [1.82, 2.24) is 4.98 Å². The van der Waals surface area contributed by atoms with Gasteiger partial charge >= 0.3 is 6.18 Å². The van der Waals surface area contributed by atoms with Crippen LogP contribution < -0.4 is 0 Å². The number of halogens is 7. The zero-order valence-electron chi connectivity index (χ0n) is 20.8. The van der Waals surface area contributed by atoms with E-state index in [1.54, 1.807) is 6.07 Å². The average molecular weight is 590 g/mol. The first-order valence-corrected chi connectivity index (χ1v) is 13.6. The Morgan fingerprint density at radius 1 is 0.850 bits per heavy atom. The zero-order valence-corrected chi connectivity index (χ0v) is 22.4. The molecule has 1 heterocycles. The third kappa shape index (κ3) is 4.49. The van der Waals surface area contributed by atoms with Crippen LogP contribution in [0, 0.1) is 5.82 Å². The van der Waals surface area contributed by atoms with E-state index in [-0.39, 0.29) is 32.8 Å². The molecule has 0 bridgehead atoms. The van der Waals surface area contributed by atoms with E-state index in [1.807, 2.05) is 0 Å². The fourth-order valence-electron chi connectivity index (χ4n) is 5.91. The van der Waals surface area contributed by atoms with Crippen LogP contribution in [0.15, 0.2) is 60.7 Å². The van der Waals surface area contributed by atoms with E-state index < -0.39 is 23.7 Å². The summed E-state index contributed by atoms with van der Waals surface area (Å²) in [4.78, 5) is 3.40. The molecule has 1 atom stereocenters. The van der Waals surface area contributed by atoms with E-state index >= 15 is 4.39 Å². The van der Waals surface area contributed by atoms with Crippen LogP contribution in [0.4, 0.5) is 22.0 Å². The maximum absolute atomic E-state index is 16.8. The number of pyridine rings is 1. The molecule has 1 unspecified atom stereocenters. The van der Waals surface area contributed by atoms with Gasteiger partial charge in [-0.1, -0.05) is 60.3 Å². The minimum absolute atomic E-state index is 0.0325. The van der Waals surface area contributed by atoms with Crippen LogP contribution >= 0.6 is 23.2 Å². The molecule has 2 aliphatic carbocycles. The van der Waals surface area contributed by atoms with Gasteiger partial charge in [0.2, 0.25) is 0 Å². The molecule has 9 heteroatoms. The number of aromatic amines is 1. The minimum Gasteiger partial charge on any atom is -0.507 e. The first-order chi connectivity index (χ1) is 19.0. The average Bonchev–Trinajstić information content (AvgIpc) is 3.55. The van der Waals surface area contributed by atoms with E-state index in [2.05, 4.69) is 4.98 Å². The van der Waals surface area contributed by atoms with Crippen LogP contribution in [-0.4, -0.2) is 10.1 Å². The molecule has 206 valence electrons. The molecule has 1 fully saturated rings. The molecule has 3 aromatic rings. The monoisotopic (exact) mass is 589 g/mol. The highest BCUT2D eigenvalue weighted by molar-refractivity contribution is 6.43. The first kappa shape index (κ1) is 26.9. The summed E-state index contributed by atoms with van der Waals surface area (Å²) in [6.07, 6.45) is -2.96. The number of nitrogens with one attached hydrogen (secondary N) is 1. The Labute approximate surface area is 236 Å². The molecule has 1 saturated carbocycles. The molecular formula is C31H22Cl2F5NO. The van der Waals surface area contributed by atoms with Crippen LogP contribution in [0.3, 0.4) is 0 Å². The summed E-state index contributed by atoms with van der Waals surface area (Å²) in [6, 6.07) is 12.6. The van der Waals surface area contributed by atoms with Gasteiger partial charge in [-0.15, -0.1) is 0 Å². The highest BCUT2D eigenvalue weighted by atomic mass is 35.5. The number of H-pyrrole nitrogens is 1. The van der Waals surface area contributed by atoms with Gasteiger partial charge < -0.3 is 10.1 Å². The van der Waals surface area contributed by atoms with Crippen molar-refractivity contribution in [3.63, 3.8) is 0 Å². The van der Waals surface area contributed by atoms with Gasteiger partial charge in [0.05, 0.1) is 21.3 Å². The van der Waals surface area contributed by atoms with Gasteiger partial charge in [0.1, 0.15) is 11.6 Å². The molecule has 0 amide bonds. The predicted octanol–water partition coefficient (Wildman–Crippen LogP) is 10.8. The van der Waals surface area contributed by atoms with E-state index in [0.29, 0.717) is 38.9 Å². The van der Waals surface area contributed by atoms with E-state index in [9.17, 15) is 22.7 Å². The second kappa shape index (κ2) is 9.96. The maximum Gasteiger partial charge on any atom is 0.416 e. The molecule has 2 N–H and O–H groups in total. The van der Waals surface area contributed by atoms with Gasteiger partial charge in [-0.3, -0.25) is 0 Å². The molecule has 2 nitrogen and oxygen atoms in total. The lowest BCUT2D eigenvalue weighted by molar-refractivity contribution is -0.137. The van der Waals surface area contributed by atoms with Crippen molar-refractivity contribution >= 4 is 34.0 Å². The molecule has 6 rings (SSSR count). The largest absolute Gasteiger partial charge is 0.507 e. The molecular weight excluding hydrogens is 568 g/mol. The van der Waals surface area contributed by atoms with Crippen molar-refractivity contribution in [2.75, 3.05) is 0 Å². The van der Waals surface area contributed by atoms with E-state index in [0.717, 1.165) is 49.9 Å². The molecule has 0 radical (unpaired) electrons. The third-order valence-corrected chi connectivity index (χ3v) is 8.54. The number of fused-ring (bicyclic) bond motifs is 3. The van der Waals surface area contributed by atoms with Gasteiger partial charge in [0.25, 0.3) is 0 Å². The second-order valence-corrected chi connectivity index (χ2v) is 11.0. The summed E-state index contributed by atoms with van der Waals surface area (Å²) in [5.41, 5.74) is 1.56. The van der Waals surface area contributed by atoms with Crippen molar-refractivity contribution < 1.29 is 27.1 Å². The zero-order chi connectivity index (χ0) is 28.3. The molecule has 40 heavy (non-hydrogen) atoms. The van der Waals surface area contributed by atoms with Crippen LogP contribution in [-0.2, 0) is 6.18 Å². The summed E-state index contributed by atoms with van der Waals surface area (Å²) >= 11 is 12.6. The minimum atomic E-state index is -4.56. The molecule has 1 aliphatic heterocycles. The molecule has 3 aliphatic rings. The van der Waals surface area contributed by atoms with Gasteiger partial charge in [-0.25, -0.2) is 8.78 Å². The summed E-state index contributed by atoms with van der Waals surface area (Å²) < 4.78 is 70.5. The second-order valence-electron chi connectivity index (χ2n) is 10.2. The maximum atomic E-state index is 16.8. The topological polar surface area (TPSA) is 36.0 Å². The normalized spacial score (nSPS) is 15.4. The van der Waals surface area contributed by atoms with Crippen LogP contribution in [0.2, 0.25) is 10.0 Å². The summed E-state index contributed by atoms with van der Waals surface area (Å²) in [5.74, 6) is -0.700. The number of alkyl halides is 4. The Kier molecular flexibility index (Phi) is 6.70. The number of aromatic hydroxyl groups is 1. The van der Waals surface area contributed by atoms with Crippen molar-refractivity contribution in [3.8, 4) is 28.1 Å². The Bertz CT molecular complexity index is 1690. The smallest absolute Gasteiger partial charge is 0.416 e. The van der Waals surface area contributed by atoms with Gasteiger partial charge in [-0.2, -0.15) is 13.2 Å². The fourth-order valence-corrected chi connectivity index (χ4v) is 6.23. The van der Waals surface area contributed by atoms with Crippen molar-refractivity contribution in [1.29, 1.82) is 0 Å². The van der Waals surface area contributed by atoms with Crippen LogP contribution in [0.5, 0.6) is 5.75 Å². The van der Waals surface area contributed by atoms with Crippen molar-refractivity contribution in [2.45, 2.75) is 43.9 Å². The van der Waals surface area contributed by atoms with Gasteiger partial charge in [0, 0.05) is 33.2 Å². The first-order valence-electron chi connectivity index (χ1n) is 12.8. The van der Waals surface area contributed by atoms with Crippen molar-refractivity contribution in [3.05, 3.63) is 98.9 Å². The molecule has 3 aromatic carbocycles. The summed E-state index contributed by atoms with van der Waals surface area (Å²) in [5, 5.41) is 13.0. The summed E-state index contributed by atoms with van der Waals surface area (Å²) in [7, 11) is 0. The Morgan fingerprint density at radius 2 is 1.45 bits per heavy atom. The SMILES string of the molecule is Oc1c2c(-c3ccc(F)cc3)c(C(F)c3ccc(C(F)(F)F)cc3)c(C3CCCC3)[nH]c-2c2cc(Cl)c(Cl)cc12. The molecule has 0 spiro atoms. The van der Waals surface area contributed by atoms with E-state index in [1.165, 1.54) is 30.3 Å². The Hall–Kier alpha value is -3.29. The lowest BCUT2D eigenvalue weighted by atomic mass is 9.84. The molecule has 0 saturated heterocycles. The van der Waals surface area contributed by atoms with Gasteiger partial charge in [-0.05, 0) is 66.3 Å². The fraction of sp³-hybridized carbons (Fsp3) is 0.226. The standard InChI is InChI=1S/C31H22Cl2F5NO/c32-22-13-20-21(14-23(22)33)30(40)26-24(15-7-11-19(34)12-8-15)25(28(39-29(20)26)17-3-1-2-4-17)27(35)16-5-9-18(10-6-16)31(36,37)38/h5-14,17,27,39-40H,1-4H2. The summed E-state index contributed by atoms with van der Waals surface area (Å²) in [6.45, 7) is 0. The molecule has 0 aromatic heterocycles. The lowest BCUT2D eigenvalue weighted by Gasteiger charge is -2.26. The van der Waals surface area contributed by atoms with Crippen LogP contribution in [0.1, 0.15) is 60.2 Å². The van der Waals surface area contributed by atoms with Crippen LogP contribution in [0.25, 0.3) is 33.2 Å². The number of benzene rings is 3. The number of hydrogen-bond donors (Lipinski definition) is 2.